The van der Waals surface area contributed by atoms with E-state index in [1.807, 2.05) is 0 Å². The molecular weight excluding hydrogens is 318 g/mol. The number of sulfone groups is 1. The first-order valence-electron chi connectivity index (χ1n) is 6.28. The molecule has 0 unspecified atom stereocenters. The van der Waals surface area contributed by atoms with Gasteiger partial charge in [0.1, 0.15) is 11.6 Å². The van der Waals surface area contributed by atoms with Crippen LogP contribution in [0, 0.1) is 0 Å². The summed E-state index contributed by atoms with van der Waals surface area (Å²) in [6, 6.07) is 5.79. The predicted octanol–water partition coefficient (Wildman–Crippen LogP) is 0.425. The van der Waals surface area contributed by atoms with Crippen LogP contribution in [-0.2, 0) is 14.6 Å². The molecule has 1 amide bonds. The first-order chi connectivity index (χ1) is 9.88. The zero-order chi connectivity index (χ0) is 15.6. The van der Waals surface area contributed by atoms with Crippen LogP contribution >= 0.6 is 11.6 Å². The smallest absolute Gasteiger partial charge is 0.242 e. The van der Waals surface area contributed by atoms with Gasteiger partial charge in [-0.15, -0.1) is 11.6 Å². The summed E-state index contributed by atoms with van der Waals surface area (Å²) in [5.41, 5.74) is 0.446. The number of hydrogen-bond donors (Lipinski definition) is 1. The van der Waals surface area contributed by atoms with E-state index in [0.717, 1.165) is 0 Å². The van der Waals surface area contributed by atoms with Gasteiger partial charge in [-0.1, -0.05) is 6.07 Å². The highest BCUT2D eigenvalue weighted by molar-refractivity contribution is 7.91. The maximum atomic E-state index is 12.1. The number of hydrogen-bond acceptors (Lipinski definition) is 5. The van der Waals surface area contributed by atoms with E-state index in [9.17, 15) is 18.3 Å². The molecule has 1 heterocycles. The minimum Gasteiger partial charge on any atom is -0.497 e. The summed E-state index contributed by atoms with van der Waals surface area (Å²) in [5.74, 6) is -0.886. The first-order valence-corrected chi connectivity index (χ1v) is 8.64. The number of aliphatic hydroxyl groups excluding tert-OH is 1. The Morgan fingerprint density at radius 1 is 1.48 bits per heavy atom. The van der Waals surface area contributed by atoms with Crippen LogP contribution in [0.2, 0.25) is 0 Å². The van der Waals surface area contributed by atoms with Crippen molar-refractivity contribution in [3.05, 3.63) is 24.3 Å². The van der Waals surface area contributed by atoms with E-state index in [2.05, 4.69) is 0 Å². The number of benzene rings is 1. The van der Waals surface area contributed by atoms with Gasteiger partial charge in [0.2, 0.25) is 5.91 Å². The van der Waals surface area contributed by atoms with Crippen molar-refractivity contribution >= 4 is 33.0 Å². The van der Waals surface area contributed by atoms with E-state index in [4.69, 9.17) is 16.3 Å². The van der Waals surface area contributed by atoms with Crippen molar-refractivity contribution in [3.63, 3.8) is 0 Å². The van der Waals surface area contributed by atoms with Crippen molar-refractivity contribution < 1.29 is 23.1 Å². The lowest BCUT2D eigenvalue weighted by molar-refractivity contribution is -0.117. The van der Waals surface area contributed by atoms with E-state index in [-0.39, 0.29) is 17.4 Å². The lowest BCUT2D eigenvalue weighted by Crippen LogP contribution is -2.47. The van der Waals surface area contributed by atoms with Crippen molar-refractivity contribution in [1.82, 2.24) is 0 Å². The molecule has 1 aliphatic rings. The Morgan fingerprint density at radius 3 is 2.71 bits per heavy atom. The van der Waals surface area contributed by atoms with Crippen LogP contribution < -0.4 is 9.64 Å². The number of rotatable bonds is 4. The minimum absolute atomic E-state index is 0.284. The zero-order valence-electron chi connectivity index (χ0n) is 11.4. The van der Waals surface area contributed by atoms with Crippen molar-refractivity contribution in [3.8, 4) is 5.75 Å². The van der Waals surface area contributed by atoms with Gasteiger partial charge in [0.15, 0.2) is 9.84 Å². The fourth-order valence-electron chi connectivity index (χ4n) is 2.40. The van der Waals surface area contributed by atoms with E-state index >= 15 is 0 Å². The van der Waals surface area contributed by atoms with E-state index in [0.29, 0.717) is 11.4 Å². The molecule has 0 aliphatic carbocycles. The SMILES string of the molecule is COc1cccc(N(C(=O)CCl)[C@H]2CS(=O)(=O)C[C@H]2O)c1. The van der Waals surface area contributed by atoms with Gasteiger partial charge in [0.05, 0.1) is 30.8 Å². The third-order valence-electron chi connectivity index (χ3n) is 3.34. The number of alkyl halides is 1. The molecule has 0 bridgehead atoms. The third-order valence-corrected chi connectivity index (χ3v) is 5.27. The van der Waals surface area contributed by atoms with Gasteiger partial charge in [-0.05, 0) is 12.1 Å². The Labute approximate surface area is 128 Å². The normalized spacial score (nSPS) is 23.8. The van der Waals surface area contributed by atoms with Crippen LogP contribution in [0.15, 0.2) is 24.3 Å². The van der Waals surface area contributed by atoms with Crippen molar-refractivity contribution in [2.75, 3.05) is 29.4 Å². The summed E-state index contributed by atoms with van der Waals surface area (Å²) >= 11 is 5.61. The molecule has 1 aromatic carbocycles. The number of methoxy groups -OCH3 is 1. The van der Waals surface area contributed by atoms with Crippen LogP contribution in [0.3, 0.4) is 0 Å². The van der Waals surface area contributed by atoms with Crippen LogP contribution in [0.25, 0.3) is 0 Å². The average molecular weight is 334 g/mol. The van der Waals surface area contributed by atoms with Crippen LogP contribution in [0.4, 0.5) is 5.69 Å². The molecule has 2 atom stereocenters. The number of nitrogens with zero attached hydrogens (tertiary/aromatic N) is 1. The molecule has 6 nitrogen and oxygen atoms in total. The zero-order valence-corrected chi connectivity index (χ0v) is 13.0. The number of ether oxygens (including phenoxy) is 1. The number of anilines is 1. The highest BCUT2D eigenvalue weighted by Gasteiger charge is 2.42. The van der Waals surface area contributed by atoms with Gasteiger partial charge in [-0.2, -0.15) is 0 Å². The number of carbonyl (C=O) groups excluding carboxylic acids is 1. The van der Waals surface area contributed by atoms with Crippen LogP contribution in [0.1, 0.15) is 0 Å². The van der Waals surface area contributed by atoms with Gasteiger partial charge in [-0.3, -0.25) is 4.79 Å². The van der Waals surface area contributed by atoms with Gasteiger partial charge >= 0.3 is 0 Å². The molecule has 116 valence electrons. The monoisotopic (exact) mass is 333 g/mol. The second kappa shape index (κ2) is 6.21. The van der Waals surface area contributed by atoms with E-state index in [1.165, 1.54) is 12.0 Å². The molecule has 0 saturated carbocycles. The average Bonchev–Trinajstić information content (AvgIpc) is 2.72. The molecule has 0 spiro atoms. The van der Waals surface area contributed by atoms with Crippen LogP contribution in [-0.4, -0.2) is 56.1 Å². The lowest BCUT2D eigenvalue weighted by atomic mass is 10.1. The summed E-state index contributed by atoms with van der Waals surface area (Å²) in [5, 5.41) is 9.98. The van der Waals surface area contributed by atoms with Crippen molar-refractivity contribution in [2.24, 2.45) is 0 Å². The summed E-state index contributed by atoms with van der Waals surface area (Å²) in [7, 11) is -1.89. The van der Waals surface area contributed by atoms with Gasteiger partial charge < -0.3 is 14.7 Å². The summed E-state index contributed by atoms with van der Waals surface area (Å²) < 4.78 is 28.4. The molecule has 2 rings (SSSR count). The Bertz CT molecular complexity index is 633. The number of halogens is 1. The Kier molecular flexibility index (Phi) is 4.75. The molecule has 1 fully saturated rings. The van der Waals surface area contributed by atoms with Crippen molar-refractivity contribution in [2.45, 2.75) is 12.1 Å². The Balaban J connectivity index is 2.41. The predicted molar refractivity (Wildman–Crippen MR) is 79.6 cm³/mol. The maximum Gasteiger partial charge on any atom is 0.242 e. The molecule has 1 N–H and O–H groups in total. The van der Waals surface area contributed by atoms with Gasteiger partial charge in [0.25, 0.3) is 0 Å². The fraction of sp³-hybridized carbons (Fsp3) is 0.462. The summed E-state index contributed by atoms with van der Waals surface area (Å²) in [6.45, 7) is 0. The Hall–Kier alpha value is -1.31. The largest absolute Gasteiger partial charge is 0.497 e. The molecule has 8 heteroatoms. The maximum absolute atomic E-state index is 12.1. The van der Waals surface area contributed by atoms with Gasteiger partial charge in [0, 0.05) is 11.8 Å². The molecule has 1 aliphatic heterocycles. The highest BCUT2D eigenvalue weighted by atomic mass is 35.5. The topological polar surface area (TPSA) is 83.9 Å². The molecule has 21 heavy (non-hydrogen) atoms. The number of amides is 1. The third kappa shape index (κ3) is 3.48. The number of aliphatic hydroxyl groups is 1. The summed E-state index contributed by atoms with van der Waals surface area (Å²) in [4.78, 5) is 13.3. The fourth-order valence-corrected chi connectivity index (χ4v) is 4.30. The van der Waals surface area contributed by atoms with Gasteiger partial charge in [-0.25, -0.2) is 8.42 Å². The summed E-state index contributed by atoms with van der Waals surface area (Å²) in [6.07, 6.45) is -1.13. The quantitative estimate of drug-likeness (QED) is 0.808. The minimum atomic E-state index is -3.37. The lowest BCUT2D eigenvalue weighted by Gasteiger charge is -2.30. The van der Waals surface area contributed by atoms with Crippen LogP contribution in [0.5, 0.6) is 5.75 Å². The molecule has 0 radical (unpaired) electrons. The molecule has 1 aromatic rings. The van der Waals surface area contributed by atoms with Crippen molar-refractivity contribution in [1.29, 1.82) is 0 Å². The molecule has 1 saturated heterocycles. The number of carbonyl (C=O) groups is 1. The Morgan fingerprint density at radius 2 is 2.19 bits per heavy atom. The molecule has 0 aromatic heterocycles. The second-order valence-corrected chi connectivity index (χ2v) is 7.23. The van der Waals surface area contributed by atoms with E-state index < -0.39 is 27.9 Å². The first kappa shape index (κ1) is 16.1. The highest BCUT2D eigenvalue weighted by Crippen LogP contribution is 2.28. The second-order valence-electron chi connectivity index (χ2n) is 4.81. The standard InChI is InChI=1S/C13H16ClNO5S/c1-20-10-4-2-3-9(5-10)15(13(17)6-14)11-7-21(18,19)8-12(11)16/h2-5,11-12,16H,6-8H2,1H3/t11-,12+/m0/s1. The van der Waals surface area contributed by atoms with E-state index in [1.54, 1.807) is 24.3 Å². The molecular formula is C13H16ClNO5S.